The molecule has 0 radical (unpaired) electrons. The lowest BCUT2D eigenvalue weighted by molar-refractivity contribution is -0.118. The summed E-state index contributed by atoms with van der Waals surface area (Å²) in [5, 5.41) is 2.65. The van der Waals surface area contributed by atoms with Crippen LogP contribution in [0.4, 0.5) is 10.1 Å². The number of hydrogen-bond donors (Lipinski definition) is 2. The highest BCUT2D eigenvalue weighted by molar-refractivity contribution is 5.91. The number of para-hydroxylation sites is 2. The highest BCUT2D eigenvalue weighted by atomic mass is 19.1. The first kappa shape index (κ1) is 14.0. The number of nitrogens with one attached hydrogen (secondary N) is 1. The Morgan fingerprint density at radius 1 is 1.15 bits per heavy atom. The quantitative estimate of drug-likeness (QED) is 0.879. The van der Waals surface area contributed by atoms with Crippen molar-refractivity contribution < 1.29 is 13.9 Å². The second-order valence-corrected chi connectivity index (χ2v) is 4.14. The van der Waals surface area contributed by atoms with Gasteiger partial charge in [-0.05, 0) is 18.2 Å². The van der Waals surface area contributed by atoms with E-state index in [0.717, 1.165) is 0 Å². The van der Waals surface area contributed by atoms with Crippen molar-refractivity contribution in [1.29, 1.82) is 0 Å². The smallest absolute Gasteiger partial charge is 0.262 e. The fraction of sp³-hybridized carbons (Fsp3) is 0.133. The number of ether oxygens (including phenoxy) is 1. The van der Waals surface area contributed by atoms with E-state index in [1.165, 1.54) is 6.07 Å². The van der Waals surface area contributed by atoms with E-state index >= 15 is 0 Å². The molecule has 0 unspecified atom stereocenters. The largest absolute Gasteiger partial charge is 0.480 e. The van der Waals surface area contributed by atoms with E-state index in [1.54, 1.807) is 36.4 Å². The molecule has 4 nitrogen and oxygen atoms in total. The molecule has 0 aromatic heterocycles. The number of anilines is 1. The Morgan fingerprint density at radius 2 is 1.90 bits per heavy atom. The molecule has 5 heteroatoms. The molecule has 0 aliphatic carbocycles. The molecule has 0 fully saturated rings. The van der Waals surface area contributed by atoms with Gasteiger partial charge in [-0.1, -0.05) is 30.3 Å². The second-order valence-electron chi connectivity index (χ2n) is 4.14. The van der Waals surface area contributed by atoms with Crippen LogP contribution in [0.5, 0.6) is 5.75 Å². The third kappa shape index (κ3) is 3.55. The Balaban J connectivity index is 1.97. The number of carbonyl (C=O) groups is 1. The van der Waals surface area contributed by atoms with Gasteiger partial charge in [0.15, 0.2) is 18.2 Å². The molecule has 0 saturated heterocycles. The van der Waals surface area contributed by atoms with E-state index in [9.17, 15) is 9.18 Å². The molecule has 0 aliphatic rings. The molecule has 1 amide bonds. The number of hydrogen-bond acceptors (Lipinski definition) is 3. The van der Waals surface area contributed by atoms with Crippen molar-refractivity contribution >= 4 is 11.6 Å². The van der Waals surface area contributed by atoms with Gasteiger partial charge in [0.2, 0.25) is 0 Å². The lowest BCUT2D eigenvalue weighted by Gasteiger charge is -2.11. The van der Waals surface area contributed by atoms with Crippen LogP contribution in [0.2, 0.25) is 0 Å². The minimum Gasteiger partial charge on any atom is -0.480 e. The van der Waals surface area contributed by atoms with Crippen LogP contribution in [0.3, 0.4) is 0 Å². The maximum absolute atomic E-state index is 13.6. The summed E-state index contributed by atoms with van der Waals surface area (Å²) >= 11 is 0. The van der Waals surface area contributed by atoms with Crippen LogP contribution in [0, 0.1) is 5.82 Å². The summed E-state index contributed by atoms with van der Waals surface area (Å²) in [6, 6.07) is 13.4. The standard InChI is InChI=1S/C15H15FN2O2/c16-13-8-4-5-11(9-17)15(13)20-10-14(19)18-12-6-2-1-3-7-12/h1-8H,9-10,17H2,(H,18,19). The predicted molar refractivity (Wildman–Crippen MR) is 74.9 cm³/mol. The van der Waals surface area contributed by atoms with Gasteiger partial charge in [0, 0.05) is 17.8 Å². The molecule has 0 saturated carbocycles. The van der Waals surface area contributed by atoms with E-state index < -0.39 is 5.82 Å². The van der Waals surface area contributed by atoms with Crippen LogP contribution in [-0.2, 0) is 11.3 Å². The zero-order valence-electron chi connectivity index (χ0n) is 10.8. The third-order valence-electron chi connectivity index (χ3n) is 2.67. The summed E-state index contributed by atoms with van der Waals surface area (Å²) in [6.45, 7) is -0.129. The summed E-state index contributed by atoms with van der Waals surface area (Å²) in [7, 11) is 0. The Labute approximate surface area is 116 Å². The van der Waals surface area contributed by atoms with E-state index in [4.69, 9.17) is 10.5 Å². The summed E-state index contributed by atoms with van der Waals surface area (Å²) in [5.74, 6) is -0.860. The maximum atomic E-state index is 13.6. The zero-order valence-corrected chi connectivity index (χ0v) is 10.8. The number of rotatable bonds is 5. The van der Waals surface area contributed by atoms with Gasteiger partial charge >= 0.3 is 0 Å². The molecular weight excluding hydrogens is 259 g/mol. The van der Waals surface area contributed by atoms with Crippen molar-refractivity contribution in [2.75, 3.05) is 11.9 Å². The Hall–Kier alpha value is -2.40. The molecule has 0 atom stereocenters. The first-order valence-corrected chi connectivity index (χ1v) is 6.16. The van der Waals surface area contributed by atoms with Crippen molar-refractivity contribution in [3.05, 3.63) is 59.9 Å². The van der Waals surface area contributed by atoms with Gasteiger partial charge in [0.1, 0.15) is 0 Å². The monoisotopic (exact) mass is 274 g/mol. The van der Waals surface area contributed by atoms with Crippen LogP contribution < -0.4 is 15.8 Å². The summed E-state index contributed by atoms with van der Waals surface area (Å²) in [5.41, 5.74) is 6.69. The van der Waals surface area contributed by atoms with Crippen molar-refractivity contribution in [2.24, 2.45) is 5.73 Å². The molecule has 2 aromatic carbocycles. The van der Waals surface area contributed by atoms with Crippen molar-refractivity contribution in [3.63, 3.8) is 0 Å². The minimum absolute atomic E-state index is 0.0261. The van der Waals surface area contributed by atoms with Crippen molar-refractivity contribution in [3.8, 4) is 5.75 Å². The molecule has 2 aromatic rings. The molecule has 2 rings (SSSR count). The fourth-order valence-corrected chi connectivity index (χ4v) is 1.73. The average Bonchev–Trinajstić information content (AvgIpc) is 2.46. The van der Waals surface area contributed by atoms with Gasteiger partial charge in [0.25, 0.3) is 5.91 Å². The van der Waals surface area contributed by atoms with Gasteiger partial charge in [-0.3, -0.25) is 4.79 Å². The molecule has 0 bridgehead atoms. The van der Waals surface area contributed by atoms with Crippen molar-refractivity contribution in [1.82, 2.24) is 0 Å². The maximum Gasteiger partial charge on any atom is 0.262 e. The summed E-state index contributed by atoms with van der Waals surface area (Å²) < 4.78 is 18.8. The topological polar surface area (TPSA) is 64.3 Å². The van der Waals surface area contributed by atoms with E-state index in [0.29, 0.717) is 11.3 Å². The third-order valence-corrected chi connectivity index (χ3v) is 2.67. The van der Waals surface area contributed by atoms with Gasteiger partial charge < -0.3 is 15.8 Å². The molecule has 0 aliphatic heterocycles. The molecule has 0 heterocycles. The first-order valence-electron chi connectivity index (χ1n) is 6.16. The van der Waals surface area contributed by atoms with Gasteiger partial charge in [0.05, 0.1) is 0 Å². The number of nitrogens with two attached hydrogens (primary N) is 1. The number of carbonyl (C=O) groups excluding carboxylic acids is 1. The minimum atomic E-state index is -0.527. The SMILES string of the molecule is NCc1cccc(F)c1OCC(=O)Nc1ccccc1. The lowest BCUT2D eigenvalue weighted by Crippen LogP contribution is -2.21. The number of benzene rings is 2. The lowest BCUT2D eigenvalue weighted by atomic mass is 10.2. The van der Waals surface area contributed by atoms with E-state index in [-0.39, 0.29) is 24.8 Å². The van der Waals surface area contributed by atoms with Crippen LogP contribution >= 0.6 is 0 Å². The van der Waals surface area contributed by atoms with E-state index in [1.807, 2.05) is 6.07 Å². The van der Waals surface area contributed by atoms with Crippen LogP contribution in [-0.4, -0.2) is 12.5 Å². The Kier molecular flexibility index (Phi) is 4.68. The highest BCUT2D eigenvalue weighted by Gasteiger charge is 2.11. The second kappa shape index (κ2) is 6.68. The molecule has 0 spiro atoms. The number of halogens is 1. The summed E-state index contributed by atoms with van der Waals surface area (Å²) in [6.07, 6.45) is 0. The summed E-state index contributed by atoms with van der Waals surface area (Å²) in [4.78, 5) is 11.7. The fourth-order valence-electron chi connectivity index (χ4n) is 1.73. The molecule has 3 N–H and O–H groups in total. The van der Waals surface area contributed by atoms with Crippen LogP contribution in [0.25, 0.3) is 0 Å². The average molecular weight is 274 g/mol. The van der Waals surface area contributed by atoms with Crippen molar-refractivity contribution in [2.45, 2.75) is 6.54 Å². The van der Waals surface area contributed by atoms with Crippen LogP contribution in [0.15, 0.2) is 48.5 Å². The molecule has 20 heavy (non-hydrogen) atoms. The predicted octanol–water partition coefficient (Wildman–Crippen LogP) is 2.30. The van der Waals surface area contributed by atoms with E-state index in [2.05, 4.69) is 5.32 Å². The van der Waals surface area contributed by atoms with Gasteiger partial charge in [-0.15, -0.1) is 0 Å². The normalized spacial score (nSPS) is 10.1. The molecular formula is C15H15FN2O2. The van der Waals surface area contributed by atoms with Gasteiger partial charge in [-0.2, -0.15) is 0 Å². The zero-order chi connectivity index (χ0) is 14.4. The van der Waals surface area contributed by atoms with Crippen LogP contribution in [0.1, 0.15) is 5.56 Å². The Morgan fingerprint density at radius 3 is 2.60 bits per heavy atom. The molecule has 104 valence electrons. The number of amides is 1. The highest BCUT2D eigenvalue weighted by Crippen LogP contribution is 2.22. The Bertz CT molecular complexity index is 588. The first-order chi connectivity index (χ1) is 9.70. The van der Waals surface area contributed by atoms with Gasteiger partial charge in [-0.25, -0.2) is 4.39 Å².